The van der Waals surface area contributed by atoms with Crippen molar-refractivity contribution in [3.63, 3.8) is 0 Å². The second-order valence-electron chi connectivity index (χ2n) is 6.51. The van der Waals surface area contributed by atoms with Gasteiger partial charge in [-0.1, -0.05) is 31.2 Å². The van der Waals surface area contributed by atoms with Crippen LogP contribution in [0.4, 0.5) is 0 Å². The van der Waals surface area contributed by atoms with E-state index in [1.807, 2.05) is 38.1 Å². The molecule has 0 bridgehead atoms. The summed E-state index contributed by atoms with van der Waals surface area (Å²) in [6.07, 6.45) is 2.39. The van der Waals surface area contributed by atoms with Crippen molar-refractivity contribution in [3.8, 4) is 0 Å². The third-order valence-electron chi connectivity index (χ3n) is 4.94. The van der Waals surface area contributed by atoms with E-state index in [1.54, 1.807) is 23.2 Å². The summed E-state index contributed by atoms with van der Waals surface area (Å²) in [6.45, 7) is 4.62. The van der Waals surface area contributed by atoms with Gasteiger partial charge in [0.2, 0.25) is 0 Å². The molecule has 0 saturated carbocycles. The van der Waals surface area contributed by atoms with Gasteiger partial charge in [0.25, 0.3) is 5.91 Å². The lowest BCUT2D eigenvalue weighted by Gasteiger charge is -2.18. The molecule has 2 atom stereocenters. The maximum absolute atomic E-state index is 12.9. The molecule has 0 spiro atoms. The Labute approximate surface area is 147 Å². The van der Waals surface area contributed by atoms with E-state index in [4.69, 9.17) is 0 Å². The molecule has 1 aliphatic rings. The fourth-order valence-corrected chi connectivity index (χ4v) is 3.52. The SMILES string of the molecule is CCc1cc(C(=O)N2C[C@@H](C(=O)O)[C@H](c3ccccc3C)C2)ccn1. The van der Waals surface area contributed by atoms with Gasteiger partial charge in [-0.15, -0.1) is 0 Å². The Morgan fingerprint density at radius 2 is 2.00 bits per heavy atom. The average Bonchev–Trinajstić information content (AvgIpc) is 3.07. The van der Waals surface area contributed by atoms with E-state index in [9.17, 15) is 14.7 Å². The maximum atomic E-state index is 12.9. The molecular weight excluding hydrogens is 316 g/mol. The van der Waals surface area contributed by atoms with Crippen LogP contribution in [-0.4, -0.2) is 40.0 Å². The number of carbonyl (C=O) groups excluding carboxylic acids is 1. The molecule has 1 aromatic heterocycles. The van der Waals surface area contributed by atoms with Crippen molar-refractivity contribution in [1.82, 2.24) is 9.88 Å². The predicted octanol–water partition coefficient (Wildman–Crippen LogP) is 2.89. The van der Waals surface area contributed by atoms with Crippen molar-refractivity contribution in [2.75, 3.05) is 13.1 Å². The Kier molecular flexibility index (Phi) is 4.83. The van der Waals surface area contributed by atoms with Crippen LogP contribution in [0.3, 0.4) is 0 Å². The van der Waals surface area contributed by atoms with Crippen LogP contribution >= 0.6 is 0 Å². The van der Waals surface area contributed by atoms with Crippen molar-refractivity contribution in [2.45, 2.75) is 26.2 Å². The van der Waals surface area contributed by atoms with E-state index in [0.29, 0.717) is 12.1 Å². The van der Waals surface area contributed by atoms with Crippen LogP contribution in [-0.2, 0) is 11.2 Å². The summed E-state index contributed by atoms with van der Waals surface area (Å²) in [4.78, 5) is 30.5. The molecular formula is C20H22N2O3. The van der Waals surface area contributed by atoms with Crippen LogP contribution < -0.4 is 0 Å². The average molecular weight is 338 g/mol. The van der Waals surface area contributed by atoms with E-state index < -0.39 is 11.9 Å². The molecule has 5 heteroatoms. The maximum Gasteiger partial charge on any atom is 0.308 e. The van der Waals surface area contributed by atoms with Gasteiger partial charge in [0, 0.05) is 36.5 Å². The van der Waals surface area contributed by atoms with Gasteiger partial charge in [0.05, 0.1) is 5.92 Å². The molecule has 1 aliphatic heterocycles. The lowest BCUT2D eigenvalue weighted by atomic mass is 9.86. The third-order valence-corrected chi connectivity index (χ3v) is 4.94. The minimum atomic E-state index is -0.854. The van der Waals surface area contributed by atoms with E-state index >= 15 is 0 Å². The number of hydrogen-bond donors (Lipinski definition) is 1. The zero-order chi connectivity index (χ0) is 18.0. The largest absolute Gasteiger partial charge is 0.481 e. The first-order valence-corrected chi connectivity index (χ1v) is 8.53. The molecule has 3 rings (SSSR count). The summed E-state index contributed by atoms with van der Waals surface area (Å²) in [5.41, 5.74) is 3.50. The summed E-state index contributed by atoms with van der Waals surface area (Å²) in [7, 11) is 0. The predicted molar refractivity (Wildman–Crippen MR) is 94.6 cm³/mol. The zero-order valence-corrected chi connectivity index (χ0v) is 14.5. The topological polar surface area (TPSA) is 70.5 Å². The lowest BCUT2D eigenvalue weighted by Crippen LogP contribution is -2.30. The van der Waals surface area contributed by atoms with Gasteiger partial charge in [0.15, 0.2) is 0 Å². The first kappa shape index (κ1) is 17.1. The molecule has 2 aromatic rings. The second-order valence-corrected chi connectivity index (χ2v) is 6.51. The number of likely N-dealkylation sites (tertiary alicyclic amines) is 1. The minimum Gasteiger partial charge on any atom is -0.481 e. The number of carbonyl (C=O) groups is 2. The van der Waals surface area contributed by atoms with Gasteiger partial charge in [-0.3, -0.25) is 14.6 Å². The van der Waals surface area contributed by atoms with Crippen molar-refractivity contribution >= 4 is 11.9 Å². The number of pyridine rings is 1. The van der Waals surface area contributed by atoms with Crippen molar-refractivity contribution < 1.29 is 14.7 Å². The number of hydrogen-bond acceptors (Lipinski definition) is 3. The van der Waals surface area contributed by atoms with Crippen LogP contribution in [0.1, 0.15) is 40.0 Å². The van der Waals surface area contributed by atoms with E-state index in [-0.39, 0.29) is 18.4 Å². The first-order valence-electron chi connectivity index (χ1n) is 8.53. The van der Waals surface area contributed by atoms with Gasteiger partial charge >= 0.3 is 5.97 Å². The van der Waals surface area contributed by atoms with Gasteiger partial charge in [-0.25, -0.2) is 0 Å². The smallest absolute Gasteiger partial charge is 0.308 e. The van der Waals surface area contributed by atoms with Crippen LogP contribution in [0.2, 0.25) is 0 Å². The Bertz CT molecular complexity index is 803. The van der Waals surface area contributed by atoms with Crippen LogP contribution in [0.15, 0.2) is 42.6 Å². The van der Waals surface area contributed by atoms with Gasteiger partial charge in [0.1, 0.15) is 0 Å². The number of benzene rings is 1. The van der Waals surface area contributed by atoms with Crippen molar-refractivity contribution in [3.05, 3.63) is 65.0 Å². The van der Waals surface area contributed by atoms with Gasteiger partial charge in [-0.2, -0.15) is 0 Å². The fraction of sp³-hybridized carbons (Fsp3) is 0.350. The van der Waals surface area contributed by atoms with Crippen molar-refractivity contribution in [2.24, 2.45) is 5.92 Å². The molecule has 0 unspecified atom stereocenters. The molecule has 1 amide bonds. The highest BCUT2D eigenvalue weighted by Crippen LogP contribution is 2.35. The molecule has 5 nitrogen and oxygen atoms in total. The number of carboxylic acids is 1. The van der Waals surface area contributed by atoms with Crippen LogP contribution in [0, 0.1) is 12.8 Å². The number of aliphatic carboxylic acids is 1. The van der Waals surface area contributed by atoms with Crippen LogP contribution in [0.25, 0.3) is 0 Å². The Balaban J connectivity index is 1.88. The molecule has 1 fully saturated rings. The molecule has 130 valence electrons. The molecule has 1 N–H and O–H groups in total. The number of nitrogens with zero attached hydrogens (tertiary/aromatic N) is 2. The molecule has 25 heavy (non-hydrogen) atoms. The quantitative estimate of drug-likeness (QED) is 0.930. The van der Waals surface area contributed by atoms with Gasteiger partial charge in [-0.05, 0) is 36.6 Å². The number of carboxylic acid groups (broad SMARTS) is 1. The third kappa shape index (κ3) is 3.40. The standard InChI is InChI=1S/C20H22N2O3/c1-3-15-10-14(8-9-21-15)19(23)22-11-17(18(12-22)20(24)25)16-7-5-4-6-13(16)2/h4-10,17-18H,3,11-12H2,1-2H3,(H,24,25)/t17-,18+/m0/s1. The van der Waals surface area contributed by atoms with Gasteiger partial charge < -0.3 is 10.0 Å². The summed E-state index contributed by atoms with van der Waals surface area (Å²) >= 11 is 0. The minimum absolute atomic E-state index is 0.126. The Morgan fingerprint density at radius 1 is 1.24 bits per heavy atom. The van der Waals surface area contributed by atoms with Crippen molar-refractivity contribution in [1.29, 1.82) is 0 Å². The molecule has 0 aliphatic carbocycles. The highest BCUT2D eigenvalue weighted by atomic mass is 16.4. The highest BCUT2D eigenvalue weighted by molar-refractivity contribution is 5.95. The molecule has 1 saturated heterocycles. The Morgan fingerprint density at radius 3 is 2.68 bits per heavy atom. The number of rotatable bonds is 4. The fourth-order valence-electron chi connectivity index (χ4n) is 3.52. The molecule has 2 heterocycles. The molecule has 1 aromatic carbocycles. The summed E-state index contributed by atoms with van der Waals surface area (Å²) in [5.74, 6) is -1.75. The molecule has 0 radical (unpaired) electrons. The number of amides is 1. The number of aromatic nitrogens is 1. The van der Waals surface area contributed by atoms with E-state index in [0.717, 1.165) is 23.2 Å². The zero-order valence-electron chi connectivity index (χ0n) is 14.5. The summed E-state index contributed by atoms with van der Waals surface area (Å²) < 4.78 is 0. The first-order chi connectivity index (χ1) is 12.0. The lowest BCUT2D eigenvalue weighted by molar-refractivity contribution is -0.141. The second kappa shape index (κ2) is 7.05. The van der Waals surface area contributed by atoms with Crippen LogP contribution in [0.5, 0.6) is 0 Å². The van der Waals surface area contributed by atoms with E-state index in [1.165, 1.54) is 0 Å². The normalized spacial score (nSPS) is 19.8. The summed E-state index contributed by atoms with van der Waals surface area (Å²) in [6, 6.07) is 11.3. The highest BCUT2D eigenvalue weighted by Gasteiger charge is 2.41. The number of aryl methyl sites for hydroxylation is 2. The monoisotopic (exact) mass is 338 g/mol. The van der Waals surface area contributed by atoms with E-state index in [2.05, 4.69) is 4.98 Å². The summed E-state index contributed by atoms with van der Waals surface area (Å²) in [5, 5.41) is 9.64. The Hall–Kier alpha value is -2.69.